The van der Waals surface area contributed by atoms with Gasteiger partial charge in [0.15, 0.2) is 22.5 Å². The summed E-state index contributed by atoms with van der Waals surface area (Å²) in [4.78, 5) is 34.8. The van der Waals surface area contributed by atoms with Gasteiger partial charge in [-0.1, -0.05) is 17.7 Å². The lowest BCUT2D eigenvalue weighted by molar-refractivity contribution is -0.205. The average molecular weight is 504 g/mol. The number of aliphatic hydroxyl groups is 2. The second-order valence-corrected chi connectivity index (χ2v) is 8.25. The van der Waals surface area contributed by atoms with Crippen molar-refractivity contribution in [3.05, 3.63) is 10.4 Å². The molecule has 186 valence electrons. The number of ether oxygens (including phenoxy) is 1. The molecule has 1 aliphatic heterocycles. The van der Waals surface area contributed by atoms with Crippen molar-refractivity contribution in [2.24, 2.45) is 7.05 Å². The molecule has 2 aromatic rings. The van der Waals surface area contributed by atoms with E-state index in [4.69, 9.17) is 5.11 Å². The number of anilines is 1. The van der Waals surface area contributed by atoms with Crippen molar-refractivity contribution in [3.63, 3.8) is 0 Å². The Morgan fingerprint density at radius 2 is 2.15 bits per heavy atom. The lowest BCUT2D eigenvalue weighted by atomic mass is 10.3. The van der Waals surface area contributed by atoms with Crippen LogP contribution in [0.15, 0.2) is 9.95 Å². The molecule has 0 bridgehead atoms. The predicted molar refractivity (Wildman–Crippen MR) is 116 cm³/mol. The Hall–Kier alpha value is -2.80. The predicted octanol–water partition coefficient (Wildman–Crippen LogP) is -0.560. The number of aliphatic hydroxyl groups excluding tert-OH is 2. The summed E-state index contributed by atoms with van der Waals surface area (Å²) >= 11 is 1.04. The normalized spacial score (nSPS) is 17.4. The smallest absolute Gasteiger partial charge is 0.433 e. The van der Waals surface area contributed by atoms with Gasteiger partial charge in [0.05, 0.1) is 25.8 Å². The molecule has 3 rings (SSSR count). The van der Waals surface area contributed by atoms with Crippen molar-refractivity contribution >= 4 is 34.8 Å². The molecule has 0 amide bonds. The molecule has 0 radical (unpaired) electrons. The monoisotopic (exact) mass is 504 g/mol. The maximum absolute atomic E-state index is 13.2. The van der Waals surface area contributed by atoms with Crippen molar-refractivity contribution in [1.29, 1.82) is 0 Å². The van der Waals surface area contributed by atoms with Crippen molar-refractivity contribution in [2.45, 2.75) is 37.1 Å². The van der Waals surface area contributed by atoms with E-state index < -0.39 is 36.6 Å². The van der Waals surface area contributed by atoms with Crippen LogP contribution in [0.2, 0.25) is 0 Å². The molecular weight excluding hydrogens is 481 g/mol. The van der Waals surface area contributed by atoms with E-state index >= 15 is 0 Å². The molecule has 2 atom stereocenters. The SMILES string of the molecule is CC#CCn1c(N2CCNCC2OC(=O)C(F)(F)F)nc2nc(SCC(O)CO)n(C)c(=O)c21. The fraction of sp³-hybridized carbons (Fsp3) is 0.579. The van der Waals surface area contributed by atoms with Gasteiger partial charge in [0.2, 0.25) is 5.95 Å². The minimum Gasteiger partial charge on any atom is -0.433 e. The van der Waals surface area contributed by atoms with Crippen LogP contribution in [0.25, 0.3) is 11.2 Å². The fourth-order valence-corrected chi connectivity index (χ4v) is 4.09. The van der Waals surface area contributed by atoms with Crippen LogP contribution >= 0.6 is 11.8 Å². The highest BCUT2D eigenvalue weighted by Gasteiger charge is 2.44. The summed E-state index contributed by atoms with van der Waals surface area (Å²) in [5.74, 6) is 3.34. The van der Waals surface area contributed by atoms with E-state index in [1.165, 1.54) is 21.1 Å². The number of nitrogens with one attached hydrogen (secondary N) is 1. The number of aromatic nitrogens is 4. The Balaban J connectivity index is 2.09. The molecule has 0 spiro atoms. The van der Waals surface area contributed by atoms with E-state index in [0.29, 0.717) is 6.54 Å². The molecule has 3 heterocycles. The van der Waals surface area contributed by atoms with Crippen LogP contribution in [0.4, 0.5) is 19.1 Å². The van der Waals surface area contributed by atoms with Gasteiger partial charge >= 0.3 is 12.1 Å². The molecule has 1 aliphatic rings. The number of piperazine rings is 1. The summed E-state index contributed by atoms with van der Waals surface area (Å²) in [7, 11) is 1.48. The van der Waals surface area contributed by atoms with Gasteiger partial charge in [-0.3, -0.25) is 13.9 Å². The number of alkyl halides is 3. The number of imidazole rings is 1. The lowest BCUT2D eigenvalue weighted by Gasteiger charge is -2.36. The zero-order valence-corrected chi connectivity index (χ0v) is 19.1. The van der Waals surface area contributed by atoms with E-state index in [2.05, 4.69) is 31.9 Å². The summed E-state index contributed by atoms with van der Waals surface area (Å²) in [5, 5.41) is 21.7. The summed E-state index contributed by atoms with van der Waals surface area (Å²) in [6, 6.07) is 0. The minimum absolute atomic E-state index is 0.00116. The Morgan fingerprint density at radius 3 is 2.79 bits per heavy atom. The Labute approximate surface area is 195 Å². The zero-order chi connectivity index (χ0) is 25.0. The molecule has 0 aromatic carbocycles. The molecule has 1 saturated heterocycles. The number of esters is 1. The van der Waals surface area contributed by atoms with E-state index in [1.807, 2.05) is 0 Å². The molecule has 15 heteroatoms. The zero-order valence-electron chi connectivity index (χ0n) is 18.3. The number of hydrogen-bond donors (Lipinski definition) is 3. The van der Waals surface area contributed by atoms with Crippen molar-refractivity contribution < 1.29 is 32.9 Å². The standard InChI is InChI=1S/C19H23F3N6O5S/c1-3-4-6-28-13-14(25-18(26(2)15(13)31)34-10-11(30)9-29)24-17(28)27-7-5-23-8-12(27)33-16(32)19(20,21)22/h11-12,23,29-30H,5-10H2,1-2H3. The highest BCUT2D eigenvalue weighted by Crippen LogP contribution is 2.26. The Kier molecular flexibility index (Phi) is 8.08. The topological polar surface area (TPSA) is 135 Å². The fourth-order valence-electron chi connectivity index (χ4n) is 3.21. The van der Waals surface area contributed by atoms with Gasteiger partial charge in [0.1, 0.15) is 0 Å². The van der Waals surface area contributed by atoms with Crippen molar-refractivity contribution in [1.82, 2.24) is 24.4 Å². The van der Waals surface area contributed by atoms with E-state index in [0.717, 1.165) is 11.8 Å². The number of fused-ring (bicyclic) bond motifs is 1. The first kappa shape index (κ1) is 25.8. The van der Waals surface area contributed by atoms with E-state index in [1.54, 1.807) is 6.92 Å². The maximum atomic E-state index is 13.2. The number of rotatable bonds is 7. The highest BCUT2D eigenvalue weighted by atomic mass is 32.2. The maximum Gasteiger partial charge on any atom is 0.491 e. The third kappa shape index (κ3) is 5.46. The van der Waals surface area contributed by atoms with Crippen LogP contribution < -0.4 is 15.8 Å². The molecule has 2 unspecified atom stereocenters. The lowest BCUT2D eigenvalue weighted by Crippen LogP contribution is -2.55. The molecular formula is C19H23F3N6O5S. The number of carbonyl (C=O) groups excluding carboxylic acids is 1. The van der Waals surface area contributed by atoms with Crippen LogP contribution in [0.3, 0.4) is 0 Å². The molecule has 1 fully saturated rings. The van der Waals surface area contributed by atoms with Gasteiger partial charge < -0.3 is 25.2 Å². The summed E-state index contributed by atoms with van der Waals surface area (Å²) in [5.41, 5.74) is -0.384. The second-order valence-electron chi connectivity index (χ2n) is 7.26. The van der Waals surface area contributed by atoms with Crippen LogP contribution in [-0.2, 0) is 23.1 Å². The summed E-state index contributed by atoms with van der Waals surface area (Å²) < 4.78 is 45.8. The average Bonchev–Trinajstić information content (AvgIpc) is 3.16. The quantitative estimate of drug-likeness (QED) is 0.195. The van der Waals surface area contributed by atoms with E-state index in [9.17, 15) is 27.9 Å². The van der Waals surface area contributed by atoms with Gasteiger partial charge in [-0.25, -0.2) is 9.78 Å². The van der Waals surface area contributed by atoms with Crippen LogP contribution in [0.1, 0.15) is 6.92 Å². The van der Waals surface area contributed by atoms with Crippen molar-refractivity contribution in [3.8, 4) is 11.8 Å². The molecule has 3 N–H and O–H groups in total. The van der Waals surface area contributed by atoms with E-state index in [-0.39, 0.29) is 47.7 Å². The Morgan fingerprint density at radius 1 is 1.41 bits per heavy atom. The summed E-state index contributed by atoms with van der Waals surface area (Å²) in [6.45, 7) is 1.56. The number of hydrogen-bond acceptors (Lipinski definition) is 10. The summed E-state index contributed by atoms with van der Waals surface area (Å²) in [6.07, 6.45) is -7.51. The second kappa shape index (κ2) is 10.6. The third-order valence-corrected chi connectivity index (χ3v) is 6.06. The third-order valence-electron chi connectivity index (χ3n) is 4.88. The number of thioether (sulfide) groups is 1. The first-order valence-corrected chi connectivity index (χ1v) is 11.1. The molecule has 0 saturated carbocycles. The number of halogens is 3. The van der Waals surface area contributed by atoms with Gasteiger partial charge in [0, 0.05) is 25.9 Å². The van der Waals surface area contributed by atoms with Gasteiger partial charge in [-0.15, -0.1) is 5.92 Å². The minimum atomic E-state index is -5.17. The van der Waals surface area contributed by atoms with Crippen LogP contribution in [0.5, 0.6) is 0 Å². The first-order chi connectivity index (χ1) is 16.1. The molecule has 34 heavy (non-hydrogen) atoms. The molecule has 2 aromatic heterocycles. The van der Waals surface area contributed by atoms with Gasteiger partial charge in [-0.05, 0) is 6.92 Å². The van der Waals surface area contributed by atoms with Crippen LogP contribution in [0, 0.1) is 11.8 Å². The largest absolute Gasteiger partial charge is 0.491 e. The Bertz CT molecular complexity index is 1170. The number of carbonyl (C=O) groups is 1. The first-order valence-electron chi connectivity index (χ1n) is 10.1. The van der Waals surface area contributed by atoms with Crippen molar-refractivity contribution in [2.75, 3.05) is 36.9 Å². The van der Waals surface area contributed by atoms with Crippen LogP contribution in [-0.4, -0.2) is 85.8 Å². The van der Waals surface area contributed by atoms with Gasteiger partial charge in [0.25, 0.3) is 5.56 Å². The molecule has 0 aliphatic carbocycles. The molecule has 11 nitrogen and oxygen atoms in total. The highest BCUT2D eigenvalue weighted by molar-refractivity contribution is 7.99. The van der Waals surface area contributed by atoms with Gasteiger partial charge in [-0.2, -0.15) is 18.2 Å². The number of nitrogens with zero attached hydrogens (tertiary/aromatic N) is 5.